The van der Waals surface area contributed by atoms with Crippen LogP contribution in [-0.2, 0) is 0 Å². The maximum Gasteiger partial charge on any atom is 0.170 e. The van der Waals surface area contributed by atoms with Crippen LogP contribution in [0.25, 0.3) is 11.1 Å². The number of hydrogen-bond acceptors (Lipinski definition) is 1. The summed E-state index contributed by atoms with van der Waals surface area (Å²) in [6, 6.07) is 19.4. The lowest BCUT2D eigenvalue weighted by Crippen LogP contribution is -2.38. The first-order chi connectivity index (χ1) is 10.8. The molecule has 0 aliphatic heterocycles. The Kier molecular flexibility index (Phi) is 5.07. The van der Waals surface area contributed by atoms with E-state index in [4.69, 9.17) is 12.2 Å². The van der Waals surface area contributed by atoms with Gasteiger partial charge in [0.25, 0.3) is 0 Å². The van der Waals surface area contributed by atoms with E-state index in [1.54, 1.807) is 0 Å². The van der Waals surface area contributed by atoms with E-state index in [1.165, 1.54) is 43.2 Å². The average Bonchev–Trinajstić information content (AvgIpc) is 2.57. The molecule has 114 valence electrons. The number of benzene rings is 2. The van der Waals surface area contributed by atoms with Crippen molar-refractivity contribution in [2.75, 3.05) is 5.32 Å². The fraction of sp³-hybridized carbons (Fsp3) is 0.316. The van der Waals surface area contributed by atoms with Crippen LogP contribution in [-0.4, -0.2) is 11.2 Å². The van der Waals surface area contributed by atoms with Crippen molar-refractivity contribution in [3.05, 3.63) is 54.6 Å². The topological polar surface area (TPSA) is 24.1 Å². The lowest BCUT2D eigenvalue weighted by Gasteiger charge is -2.24. The lowest BCUT2D eigenvalue weighted by molar-refractivity contribution is 0.415. The van der Waals surface area contributed by atoms with Crippen LogP contribution in [0, 0.1) is 0 Å². The van der Waals surface area contributed by atoms with E-state index in [0.29, 0.717) is 6.04 Å². The average molecular weight is 310 g/mol. The molecule has 0 spiro atoms. The molecule has 0 bridgehead atoms. The van der Waals surface area contributed by atoms with Crippen LogP contribution < -0.4 is 10.6 Å². The van der Waals surface area contributed by atoms with Gasteiger partial charge in [0.05, 0.1) is 0 Å². The molecule has 0 radical (unpaired) electrons. The molecule has 3 rings (SSSR count). The molecule has 2 nitrogen and oxygen atoms in total. The fourth-order valence-electron chi connectivity index (χ4n) is 2.98. The van der Waals surface area contributed by atoms with Gasteiger partial charge in [-0.15, -0.1) is 0 Å². The van der Waals surface area contributed by atoms with Crippen LogP contribution in [0.4, 0.5) is 5.69 Å². The number of rotatable bonds is 3. The second kappa shape index (κ2) is 7.41. The molecule has 0 amide bonds. The van der Waals surface area contributed by atoms with Crippen molar-refractivity contribution in [1.82, 2.24) is 5.32 Å². The SMILES string of the molecule is S=C(Nc1ccc(-c2ccccc2)cc1)NC1CCCCC1. The van der Waals surface area contributed by atoms with Crippen LogP contribution in [0.1, 0.15) is 32.1 Å². The first-order valence-electron chi connectivity index (χ1n) is 8.04. The van der Waals surface area contributed by atoms with Gasteiger partial charge in [-0.25, -0.2) is 0 Å². The van der Waals surface area contributed by atoms with Gasteiger partial charge in [0.2, 0.25) is 0 Å². The molecule has 0 aromatic heterocycles. The van der Waals surface area contributed by atoms with E-state index >= 15 is 0 Å². The predicted molar refractivity (Wildman–Crippen MR) is 98.1 cm³/mol. The van der Waals surface area contributed by atoms with Gasteiger partial charge in [0.15, 0.2) is 5.11 Å². The summed E-state index contributed by atoms with van der Waals surface area (Å²) in [6.07, 6.45) is 6.45. The Morgan fingerprint density at radius 1 is 0.818 bits per heavy atom. The quantitative estimate of drug-likeness (QED) is 0.782. The molecular weight excluding hydrogens is 288 g/mol. The van der Waals surface area contributed by atoms with Crippen molar-refractivity contribution in [3.63, 3.8) is 0 Å². The Bertz CT molecular complexity index is 601. The highest BCUT2D eigenvalue weighted by molar-refractivity contribution is 7.80. The molecule has 2 N–H and O–H groups in total. The minimum atomic E-state index is 0.539. The van der Waals surface area contributed by atoms with Crippen molar-refractivity contribution < 1.29 is 0 Å². The molecule has 22 heavy (non-hydrogen) atoms. The largest absolute Gasteiger partial charge is 0.360 e. The number of anilines is 1. The normalized spacial score (nSPS) is 15.3. The molecular formula is C19H22N2S. The molecule has 2 aromatic rings. The van der Waals surface area contributed by atoms with Crippen molar-refractivity contribution in [3.8, 4) is 11.1 Å². The van der Waals surface area contributed by atoms with Crippen LogP contribution in [0.2, 0.25) is 0 Å². The Morgan fingerprint density at radius 3 is 2.14 bits per heavy atom. The van der Waals surface area contributed by atoms with Crippen molar-refractivity contribution >= 4 is 23.0 Å². The predicted octanol–water partition coefficient (Wildman–Crippen LogP) is 4.97. The van der Waals surface area contributed by atoms with Gasteiger partial charge >= 0.3 is 0 Å². The third kappa shape index (κ3) is 4.08. The standard InChI is InChI=1S/C19H22N2S/c22-19(20-17-9-5-2-6-10-17)21-18-13-11-16(12-14-18)15-7-3-1-4-8-15/h1,3-4,7-8,11-14,17H,2,5-6,9-10H2,(H2,20,21,22). The molecule has 0 heterocycles. The van der Waals surface area contributed by atoms with Gasteiger partial charge in [-0.05, 0) is 48.3 Å². The number of nitrogens with one attached hydrogen (secondary N) is 2. The van der Waals surface area contributed by atoms with Crippen molar-refractivity contribution in [2.24, 2.45) is 0 Å². The zero-order valence-corrected chi connectivity index (χ0v) is 13.5. The molecule has 1 saturated carbocycles. The van der Waals surface area contributed by atoms with Crippen LogP contribution in [0.15, 0.2) is 54.6 Å². The fourth-order valence-corrected chi connectivity index (χ4v) is 3.26. The second-order valence-corrected chi connectivity index (χ2v) is 6.29. The number of thiocarbonyl (C=S) groups is 1. The highest BCUT2D eigenvalue weighted by Gasteiger charge is 2.13. The second-order valence-electron chi connectivity index (χ2n) is 5.88. The Balaban J connectivity index is 1.57. The third-order valence-electron chi connectivity index (χ3n) is 4.19. The molecule has 0 saturated heterocycles. The highest BCUT2D eigenvalue weighted by atomic mass is 32.1. The molecule has 0 atom stereocenters. The summed E-state index contributed by atoms with van der Waals surface area (Å²) in [5.74, 6) is 0. The van der Waals surface area contributed by atoms with E-state index in [9.17, 15) is 0 Å². The summed E-state index contributed by atoms with van der Waals surface area (Å²) in [7, 11) is 0. The van der Waals surface area contributed by atoms with Crippen molar-refractivity contribution in [2.45, 2.75) is 38.1 Å². The van der Waals surface area contributed by atoms with Crippen molar-refractivity contribution in [1.29, 1.82) is 0 Å². The van der Waals surface area contributed by atoms with E-state index in [1.807, 2.05) is 6.07 Å². The number of hydrogen-bond donors (Lipinski definition) is 2. The Morgan fingerprint density at radius 2 is 1.45 bits per heavy atom. The smallest absolute Gasteiger partial charge is 0.170 e. The van der Waals surface area contributed by atoms with Crippen LogP contribution in [0.3, 0.4) is 0 Å². The van der Waals surface area contributed by atoms with E-state index in [0.717, 1.165) is 10.8 Å². The van der Waals surface area contributed by atoms with Gasteiger partial charge in [-0.2, -0.15) is 0 Å². The van der Waals surface area contributed by atoms with Gasteiger partial charge in [0.1, 0.15) is 0 Å². The van der Waals surface area contributed by atoms with Gasteiger partial charge in [-0.1, -0.05) is 61.7 Å². The summed E-state index contributed by atoms with van der Waals surface area (Å²) in [4.78, 5) is 0. The third-order valence-corrected chi connectivity index (χ3v) is 4.41. The molecule has 0 unspecified atom stereocenters. The monoisotopic (exact) mass is 310 g/mol. The van der Waals surface area contributed by atoms with Crippen LogP contribution in [0.5, 0.6) is 0 Å². The van der Waals surface area contributed by atoms with E-state index in [-0.39, 0.29) is 0 Å². The Labute approximate surface area is 137 Å². The molecule has 3 heteroatoms. The molecule has 1 fully saturated rings. The lowest BCUT2D eigenvalue weighted by atomic mass is 9.96. The zero-order valence-electron chi connectivity index (χ0n) is 12.7. The zero-order chi connectivity index (χ0) is 15.2. The minimum absolute atomic E-state index is 0.539. The summed E-state index contributed by atoms with van der Waals surface area (Å²) >= 11 is 5.42. The summed E-state index contributed by atoms with van der Waals surface area (Å²) in [5.41, 5.74) is 3.49. The van der Waals surface area contributed by atoms with Gasteiger partial charge in [-0.3, -0.25) is 0 Å². The van der Waals surface area contributed by atoms with E-state index in [2.05, 4.69) is 59.2 Å². The molecule has 1 aliphatic carbocycles. The first-order valence-corrected chi connectivity index (χ1v) is 8.45. The van der Waals surface area contributed by atoms with Gasteiger partial charge < -0.3 is 10.6 Å². The molecule has 2 aromatic carbocycles. The van der Waals surface area contributed by atoms with E-state index < -0.39 is 0 Å². The maximum atomic E-state index is 5.42. The first kappa shape index (κ1) is 15.0. The Hall–Kier alpha value is -1.87. The highest BCUT2D eigenvalue weighted by Crippen LogP contribution is 2.21. The summed E-state index contributed by atoms with van der Waals surface area (Å²) < 4.78 is 0. The van der Waals surface area contributed by atoms with Crippen LogP contribution >= 0.6 is 12.2 Å². The van der Waals surface area contributed by atoms with Gasteiger partial charge in [0, 0.05) is 11.7 Å². The minimum Gasteiger partial charge on any atom is -0.360 e. The molecule has 1 aliphatic rings. The summed E-state index contributed by atoms with van der Waals surface area (Å²) in [5, 5.41) is 7.46. The maximum absolute atomic E-state index is 5.42. The summed E-state index contributed by atoms with van der Waals surface area (Å²) in [6.45, 7) is 0.